The van der Waals surface area contributed by atoms with Gasteiger partial charge in [0.15, 0.2) is 0 Å². The Kier molecular flexibility index (Phi) is 9.18. The van der Waals surface area contributed by atoms with E-state index < -0.39 is 7.12 Å². The van der Waals surface area contributed by atoms with Crippen LogP contribution in [0.3, 0.4) is 0 Å². The quantitative estimate of drug-likeness (QED) is 0.402. The van der Waals surface area contributed by atoms with Crippen molar-refractivity contribution in [1.82, 2.24) is 0 Å². The fourth-order valence-electron chi connectivity index (χ4n) is 3.54. The van der Waals surface area contributed by atoms with Gasteiger partial charge in [0.05, 0.1) is 0 Å². The summed E-state index contributed by atoms with van der Waals surface area (Å²) in [5.41, 5.74) is 8.41. The Balaban J connectivity index is 1.76. The first-order chi connectivity index (χ1) is 15.5. The second kappa shape index (κ2) is 12.3. The molecule has 4 heteroatoms. The summed E-state index contributed by atoms with van der Waals surface area (Å²) in [5.74, 6) is 3.19. The Labute approximate surface area is 196 Å². The lowest BCUT2D eigenvalue weighted by molar-refractivity contribution is 0.424. The topological polar surface area (TPSA) is 40.5 Å². The summed E-state index contributed by atoms with van der Waals surface area (Å²) in [5, 5.41) is 18.0. The Morgan fingerprint density at radius 2 is 1.75 bits per heavy atom. The van der Waals surface area contributed by atoms with Gasteiger partial charge in [-0.2, -0.15) is 11.8 Å². The fourth-order valence-corrected chi connectivity index (χ4v) is 4.50. The highest BCUT2D eigenvalue weighted by molar-refractivity contribution is 7.99. The summed E-state index contributed by atoms with van der Waals surface area (Å²) >= 11 is 1.86. The molecule has 32 heavy (non-hydrogen) atoms. The molecule has 2 nitrogen and oxygen atoms in total. The average molecular weight is 440 g/mol. The summed E-state index contributed by atoms with van der Waals surface area (Å²) in [6.07, 6.45) is 12.8. The minimum Gasteiger partial charge on any atom is -0.424 e. The molecule has 0 fully saturated rings. The maximum absolute atomic E-state index is 8.98. The average Bonchev–Trinajstić information content (AvgIpc) is 2.93. The third kappa shape index (κ3) is 7.13. The molecule has 2 aromatic carbocycles. The number of thioether (sulfide) groups is 1. The van der Waals surface area contributed by atoms with Crippen LogP contribution < -0.4 is 0 Å². The van der Waals surface area contributed by atoms with Crippen LogP contribution in [0.1, 0.15) is 12.5 Å². The number of rotatable bonds is 7. The van der Waals surface area contributed by atoms with E-state index in [2.05, 4.69) is 80.3 Å². The van der Waals surface area contributed by atoms with Crippen LogP contribution >= 0.6 is 11.8 Å². The van der Waals surface area contributed by atoms with E-state index in [0.717, 1.165) is 34.6 Å². The molecule has 2 aromatic rings. The van der Waals surface area contributed by atoms with E-state index in [9.17, 15) is 0 Å². The van der Waals surface area contributed by atoms with Crippen molar-refractivity contribution in [2.24, 2.45) is 0 Å². The van der Waals surface area contributed by atoms with Gasteiger partial charge in [0.25, 0.3) is 0 Å². The van der Waals surface area contributed by atoms with Crippen molar-refractivity contribution >= 4 is 18.9 Å². The Bertz CT molecular complexity index is 1080. The molecule has 1 aliphatic heterocycles. The van der Waals surface area contributed by atoms with Crippen molar-refractivity contribution in [1.29, 1.82) is 0 Å². The number of hydrogen-bond acceptors (Lipinski definition) is 3. The molecule has 0 bridgehead atoms. The number of allylic oxidation sites excluding steroid dienone is 8. The molecule has 0 aromatic heterocycles. The largest absolute Gasteiger partial charge is 0.480 e. The maximum Gasteiger partial charge on any atom is 0.480 e. The lowest BCUT2D eigenvalue weighted by atomic mass is 9.91. The van der Waals surface area contributed by atoms with E-state index >= 15 is 0 Å². The molecule has 3 rings (SSSR count). The summed E-state index contributed by atoms with van der Waals surface area (Å²) in [6, 6.07) is 19.1. The minimum absolute atomic E-state index is 0.858. The Morgan fingerprint density at radius 1 is 0.969 bits per heavy atom. The van der Waals surface area contributed by atoms with Crippen LogP contribution in [0.4, 0.5) is 0 Å². The van der Waals surface area contributed by atoms with E-state index in [-0.39, 0.29) is 0 Å². The van der Waals surface area contributed by atoms with Crippen LogP contribution in [0.25, 0.3) is 11.1 Å². The predicted octanol–water partition coefficient (Wildman–Crippen LogP) is 6.12. The van der Waals surface area contributed by atoms with Crippen LogP contribution in [-0.4, -0.2) is 28.7 Å². The minimum atomic E-state index is -1.44. The lowest BCUT2D eigenvalue weighted by Gasteiger charge is -2.10. The van der Waals surface area contributed by atoms with Crippen molar-refractivity contribution in [2.75, 3.05) is 11.5 Å². The molecular formula is C28H29BO2S. The lowest BCUT2D eigenvalue weighted by Crippen LogP contribution is -2.05. The molecule has 0 atom stereocenters. The first-order valence-corrected chi connectivity index (χ1v) is 11.9. The summed E-state index contributed by atoms with van der Waals surface area (Å²) in [4.78, 5) is 0. The van der Waals surface area contributed by atoms with E-state index in [4.69, 9.17) is 10.0 Å². The summed E-state index contributed by atoms with van der Waals surface area (Å²) in [7, 11) is -1.44. The van der Waals surface area contributed by atoms with Gasteiger partial charge in [-0.25, -0.2) is 0 Å². The smallest absolute Gasteiger partial charge is 0.424 e. The third-order valence-electron chi connectivity index (χ3n) is 5.17. The van der Waals surface area contributed by atoms with Crippen molar-refractivity contribution in [2.45, 2.75) is 13.3 Å². The SMILES string of the molecule is C=C1CSCC(C)=C(/C=C\C=C\B(O)O)/C1=C/C=C\Cc1cccc(-c2ccccc2)c1. The van der Waals surface area contributed by atoms with Crippen LogP contribution in [0.15, 0.2) is 126 Å². The number of benzene rings is 2. The number of hydrogen-bond donors (Lipinski definition) is 2. The zero-order valence-electron chi connectivity index (χ0n) is 18.4. The Hall–Kier alpha value is -2.79. The molecular weight excluding hydrogens is 411 g/mol. The first-order valence-electron chi connectivity index (χ1n) is 10.7. The van der Waals surface area contributed by atoms with Crippen molar-refractivity contribution in [3.63, 3.8) is 0 Å². The van der Waals surface area contributed by atoms with Gasteiger partial charge in [-0.3, -0.25) is 0 Å². The second-order valence-electron chi connectivity index (χ2n) is 7.73. The van der Waals surface area contributed by atoms with Gasteiger partial charge in [-0.05, 0) is 46.8 Å². The van der Waals surface area contributed by atoms with E-state index in [1.54, 1.807) is 6.08 Å². The molecule has 2 N–H and O–H groups in total. The van der Waals surface area contributed by atoms with Crippen molar-refractivity contribution in [3.05, 3.63) is 131 Å². The van der Waals surface area contributed by atoms with Gasteiger partial charge in [0.2, 0.25) is 0 Å². The van der Waals surface area contributed by atoms with Gasteiger partial charge in [0.1, 0.15) is 0 Å². The highest BCUT2D eigenvalue weighted by Gasteiger charge is 2.14. The molecule has 0 saturated carbocycles. The summed E-state index contributed by atoms with van der Waals surface area (Å²) < 4.78 is 0. The maximum atomic E-state index is 8.98. The molecule has 0 saturated heterocycles. The van der Waals surface area contributed by atoms with Gasteiger partial charge in [-0.15, -0.1) is 0 Å². The summed E-state index contributed by atoms with van der Waals surface area (Å²) in [6.45, 7) is 6.43. The van der Waals surface area contributed by atoms with Crippen LogP contribution in [0.5, 0.6) is 0 Å². The molecule has 0 amide bonds. The zero-order chi connectivity index (χ0) is 22.8. The molecule has 0 aliphatic carbocycles. The van der Waals surface area contributed by atoms with Crippen LogP contribution in [0, 0.1) is 0 Å². The second-order valence-corrected chi connectivity index (χ2v) is 8.71. The van der Waals surface area contributed by atoms with Gasteiger partial charge in [0, 0.05) is 11.5 Å². The predicted molar refractivity (Wildman–Crippen MR) is 140 cm³/mol. The molecule has 1 aliphatic rings. The molecule has 0 unspecified atom stereocenters. The highest BCUT2D eigenvalue weighted by atomic mass is 32.2. The Morgan fingerprint density at radius 3 is 2.53 bits per heavy atom. The third-order valence-corrected chi connectivity index (χ3v) is 6.36. The molecule has 0 spiro atoms. The highest BCUT2D eigenvalue weighted by Crippen LogP contribution is 2.31. The van der Waals surface area contributed by atoms with Crippen molar-refractivity contribution in [3.8, 4) is 11.1 Å². The van der Waals surface area contributed by atoms with Crippen molar-refractivity contribution < 1.29 is 10.0 Å². The zero-order valence-corrected chi connectivity index (χ0v) is 19.3. The van der Waals surface area contributed by atoms with Gasteiger partial charge < -0.3 is 10.0 Å². The normalized spacial score (nSPS) is 16.6. The standard InChI is InChI=1S/C28H29BO2S/c1-22-20-32-21-23(2)28(17-8-9-18-29(30)31)27(22)16-7-6-11-24-12-10-15-26(19-24)25-13-4-3-5-14-25/h3-10,12-19,30-31H,1,11,20-21H2,2H3/b7-6-,17-8-,18-9+,27-16+. The first kappa shape index (κ1) is 23.9. The van der Waals surface area contributed by atoms with Crippen LogP contribution in [-0.2, 0) is 6.42 Å². The molecule has 162 valence electrons. The van der Waals surface area contributed by atoms with E-state index in [0.29, 0.717) is 0 Å². The van der Waals surface area contributed by atoms with Gasteiger partial charge in [-0.1, -0.05) is 109 Å². The fraction of sp³-hybridized carbons (Fsp3) is 0.143. The molecule has 0 radical (unpaired) electrons. The molecule has 1 heterocycles. The van der Waals surface area contributed by atoms with E-state index in [1.807, 2.05) is 30.0 Å². The monoisotopic (exact) mass is 440 g/mol. The van der Waals surface area contributed by atoms with Gasteiger partial charge >= 0.3 is 7.12 Å². The van der Waals surface area contributed by atoms with Crippen LogP contribution in [0.2, 0.25) is 0 Å². The van der Waals surface area contributed by atoms with E-state index in [1.165, 1.54) is 28.2 Å².